The third kappa shape index (κ3) is 4.12. The van der Waals surface area contributed by atoms with E-state index in [-0.39, 0.29) is 11.9 Å². The van der Waals surface area contributed by atoms with Crippen LogP contribution in [-0.4, -0.2) is 18.5 Å². The molecule has 1 aliphatic carbocycles. The predicted molar refractivity (Wildman–Crippen MR) is 67.0 cm³/mol. The van der Waals surface area contributed by atoms with E-state index in [9.17, 15) is 4.79 Å². The van der Waals surface area contributed by atoms with Crippen molar-refractivity contribution in [1.29, 1.82) is 0 Å². The summed E-state index contributed by atoms with van der Waals surface area (Å²) < 4.78 is 0. The second-order valence-corrected chi connectivity index (χ2v) is 5.97. The average Bonchev–Trinajstić information content (AvgIpc) is 2.61. The van der Waals surface area contributed by atoms with E-state index in [1.807, 2.05) is 0 Å². The molecule has 3 nitrogen and oxygen atoms in total. The smallest absolute Gasteiger partial charge is 0.236 e. The van der Waals surface area contributed by atoms with Crippen molar-refractivity contribution in [2.75, 3.05) is 6.54 Å². The Balaban J connectivity index is 2.28. The van der Waals surface area contributed by atoms with Gasteiger partial charge in [-0.15, -0.1) is 0 Å². The van der Waals surface area contributed by atoms with Gasteiger partial charge in [0.2, 0.25) is 5.91 Å². The summed E-state index contributed by atoms with van der Waals surface area (Å²) in [5.74, 6) is 0.490. The Morgan fingerprint density at radius 3 is 2.44 bits per heavy atom. The number of carbonyl (C=O) groups excluding carboxylic acids is 1. The van der Waals surface area contributed by atoms with Gasteiger partial charge in [-0.05, 0) is 30.6 Å². The lowest BCUT2D eigenvalue weighted by Gasteiger charge is -2.25. The van der Waals surface area contributed by atoms with Crippen molar-refractivity contribution in [3.63, 3.8) is 0 Å². The molecular weight excluding hydrogens is 200 g/mol. The van der Waals surface area contributed by atoms with Crippen LogP contribution in [0.25, 0.3) is 0 Å². The average molecular weight is 226 g/mol. The van der Waals surface area contributed by atoms with Gasteiger partial charge in [0, 0.05) is 6.54 Å². The molecule has 1 aliphatic rings. The molecule has 16 heavy (non-hydrogen) atoms. The Labute approximate surface area is 99.2 Å². The molecule has 3 N–H and O–H groups in total. The number of nitrogens with two attached hydrogens (primary N) is 1. The Morgan fingerprint density at radius 1 is 1.38 bits per heavy atom. The lowest BCUT2D eigenvalue weighted by Crippen LogP contribution is -2.44. The molecule has 1 amide bonds. The predicted octanol–water partition coefficient (Wildman–Crippen LogP) is 2.06. The van der Waals surface area contributed by atoms with Crippen LogP contribution < -0.4 is 11.1 Å². The summed E-state index contributed by atoms with van der Waals surface area (Å²) in [7, 11) is 0. The van der Waals surface area contributed by atoms with Gasteiger partial charge in [0.25, 0.3) is 0 Å². The third-order valence-electron chi connectivity index (χ3n) is 3.56. The van der Waals surface area contributed by atoms with E-state index >= 15 is 0 Å². The highest BCUT2D eigenvalue weighted by Gasteiger charge is 2.29. The Hall–Kier alpha value is -0.570. The maximum atomic E-state index is 11.7. The van der Waals surface area contributed by atoms with Crippen LogP contribution in [0.2, 0.25) is 0 Å². The van der Waals surface area contributed by atoms with Gasteiger partial charge in [-0.3, -0.25) is 4.79 Å². The summed E-state index contributed by atoms with van der Waals surface area (Å²) in [6, 6.07) is -0.343. The summed E-state index contributed by atoms with van der Waals surface area (Å²) in [6.07, 6.45) is 5.82. The van der Waals surface area contributed by atoms with Crippen LogP contribution in [0.5, 0.6) is 0 Å². The van der Waals surface area contributed by atoms with Gasteiger partial charge in [0.05, 0.1) is 6.04 Å². The highest BCUT2D eigenvalue weighted by Crippen LogP contribution is 2.36. The molecule has 1 rings (SSSR count). The van der Waals surface area contributed by atoms with Gasteiger partial charge < -0.3 is 11.1 Å². The third-order valence-corrected chi connectivity index (χ3v) is 3.56. The Bertz CT molecular complexity index is 232. The molecule has 0 aliphatic heterocycles. The molecule has 0 radical (unpaired) electrons. The normalized spacial score (nSPS) is 21.1. The first-order chi connectivity index (χ1) is 7.43. The molecule has 0 bridgehead atoms. The minimum Gasteiger partial charge on any atom is -0.354 e. The summed E-state index contributed by atoms with van der Waals surface area (Å²) >= 11 is 0. The van der Waals surface area contributed by atoms with E-state index in [0.717, 1.165) is 13.0 Å². The maximum Gasteiger partial charge on any atom is 0.236 e. The van der Waals surface area contributed by atoms with Gasteiger partial charge in [0.15, 0.2) is 0 Å². The molecule has 94 valence electrons. The standard InChI is InChI=1S/C13H26N2O/c1-10(2)8-11(14)12(16)15-9-13(3)6-4-5-7-13/h10-11H,4-9,14H2,1-3H3,(H,15,16)/t11-/m1/s1. The first-order valence-electron chi connectivity index (χ1n) is 6.46. The van der Waals surface area contributed by atoms with Crippen molar-refractivity contribution in [2.24, 2.45) is 17.1 Å². The zero-order chi connectivity index (χ0) is 12.2. The van der Waals surface area contributed by atoms with E-state index in [0.29, 0.717) is 11.3 Å². The van der Waals surface area contributed by atoms with Crippen molar-refractivity contribution in [3.8, 4) is 0 Å². The van der Waals surface area contributed by atoms with Gasteiger partial charge in [0.1, 0.15) is 0 Å². The zero-order valence-corrected chi connectivity index (χ0v) is 10.9. The van der Waals surface area contributed by atoms with Gasteiger partial charge in [-0.2, -0.15) is 0 Å². The molecule has 0 aromatic heterocycles. The molecule has 1 fully saturated rings. The quantitative estimate of drug-likeness (QED) is 0.754. The molecule has 0 aromatic carbocycles. The highest BCUT2D eigenvalue weighted by atomic mass is 16.2. The Morgan fingerprint density at radius 2 is 1.94 bits per heavy atom. The topological polar surface area (TPSA) is 55.1 Å². The molecule has 0 aromatic rings. The van der Waals surface area contributed by atoms with Gasteiger partial charge in [-0.1, -0.05) is 33.6 Å². The van der Waals surface area contributed by atoms with Crippen molar-refractivity contribution in [3.05, 3.63) is 0 Å². The fourth-order valence-corrected chi connectivity index (χ4v) is 2.45. The van der Waals surface area contributed by atoms with E-state index in [1.54, 1.807) is 0 Å². The van der Waals surface area contributed by atoms with Crippen molar-refractivity contribution in [1.82, 2.24) is 5.32 Å². The van der Waals surface area contributed by atoms with Crippen molar-refractivity contribution < 1.29 is 4.79 Å². The second kappa shape index (κ2) is 5.67. The van der Waals surface area contributed by atoms with E-state index in [2.05, 4.69) is 26.1 Å². The van der Waals surface area contributed by atoms with Crippen LogP contribution in [0.3, 0.4) is 0 Å². The lowest BCUT2D eigenvalue weighted by atomic mass is 9.89. The maximum absolute atomic E-state index is 11.7. The molecule has 0 spiro atoms. The van der Waals surface area contributed by atoms with Crippen LogP contribution in [0, 0.1) is 11.3 Å². The van der Waals surface area contributed by atoms with Crippen molar-refractivity contribution >= 4 is 5.91 Å². The summed E-state index contributed by atoms with van der Waals surface area (Å²) in [4.78, 5) is 11.7. The fraction of sp³-hybridized carbons (Fsp3) is 0.923. The molecule has 1 saturated carbocycles. The minimum absolute atomic E-state index is 0.0156. The zero-order valence-electron chi connectivity index (χ0n) is 10.9. The number of hydrogen-bond donors (Lipinski definition) is 2. The second-order valence-electron chi connectivity index (χ2n) is 5.97. The number of carbonyl (C=O) groups is 1. The van der Waals surface area contributed by atoms with Crippen LogP contribution >= 0.6 is 0 Å². The van der Waals surface area contributed by atoms with Crippen LogP contribution in [-0.2, 0) is 4.79 Å². The molecule has 3 heteroatoms. The van der Waals surface area contributed by atoms with Crippen LogP contribution in [0.4, 0.5) is 0 Å². The number of rotatable bonds is 5. The number of amides is 1. The van der Waals surface area contributed by atoms with Gasteiger partial charge in [-0.25, -0.2) is 0 Å². The number of nitrogens with one attached hydrogen (secondary N) is 1. The van der Waals surface area contributed by atoms with E-state index in [4.69, 9.17) is 5.73 Å². The van der Waals surface area contributed by atoms with E-state index in [1.165, 1.54) is 25.7 Å². The monoisotopic (exact) mass is 226 g/mol. The Kier molecular flexibility index (Phi) is 4.78. The summed E-state index contributed by atoms with van der Waals surface area (Å²) in [5.41, 5.74) is 6.15. The molecule has 0 unspecified atom stereocenters. The molecular formula is C13H26N2O. The largest absolute Gasteiger partial charge is 0.354 e. The minimum atomic E-state index is -0.343. The van der Waals surface area contributed by atoms with Crippen LogP contribution in [0.1, 0.15) is 52.9 Å². The highest BCUT2D eigenvalue weighted by molar-refractivity contribution is 5.81. The SMILES string of the molecule is CC(C)C[C@@H](N)C(=O)NCC1(C)CCCC1. The molecule has 0 saturated heterocycles. The summed E-state index contributed by atoms with van der Waals surface area (Å²) in [6.45, 7) is 7.22. The summed E-state index contributed by atoms with van der Waals surface area (Å²) in [5, 5.41) is 3.01. The van der Waals surface area contributed by atoms with Crippen LogP contribution in [0.15, 0.2) is 0 Å². The first kappa shape index (κ1) is 13.5. The number of hydrogen-bond acceptors (Lipinski definition) is 2. The molecule has 0 heterocycles. The fourth-order valence-electron chi connectivity index (χ4n) is 2.45. The lowest BCUT2D eigenvalue weighted by molar-refractivity contribution is -0.123. The molecule has 1 atom stereocenters. The first-order valence-corrected chi connectivity index (χ1v) is 6.46. The van der Waals surface area contributed by atoms with Gasteiger partial charge >= 0.3 is 0 Å². The van der Waals surface area contributed by atoms with Crippen molar-refractivity contribution in [2.45, 2.75) is 58.9 Å². The van der Waals surface area contributed by atoms with E-state index < -0.39 is 0 Å².